The van der Waals surface area contributed by atoms with Crippen molar-refractivity contribution in [3.63, 3.8) is 0 Å². The lowest BCUT2D eigenvalue weighted by Crippen LogP contribution is -2.32. The Bertz CT molecular complexity index is 1290. The van der Waals surface area contributed by atoms with Gasteiger partial charge in [-0.15, -0.1) is 0 Å². The Morgan fingerprint density at radius 1 is 1.00 bits per heavy atom. The van der Waals surface area contributed by atoms with Crippen LogP contribution in [0.4, 0.5) is 0 Å². The highest BCUT2D eigenvalue weighted by Gasteiger charge is 2.14. The molecule has 6 N–H and O–H groups in total. The number of rotatable bonds is 10. The van der Waals surface area contributed by atoms with Crippen LogP contribution in [0.15, 0.2) is 72.8 Å². The highest BCUT2D eigenvalue weighted by Crippen LogP contribution is 2.23. The van der Waals surface area contributed by atoms with Gasteiger partial charge in [-0.2, -0.15) is 0 Å². The van der Waals surface area contributed by atoms with Crippen LogP contribution in [0.2, 0.25) is 0 Å². The summed E-state index contributed by atoms with van der Waals surface area (Å²) in [5.74, 6) is -0.129. The molecule has 1 heterocycles. The Morgan fingerprint density at radius 2 is 1.80 bits per heavy atom. The Morgan fingerprint density at radius 3 is 2.57 bits per heavy atom. The van der Waals surface area contributed by atoms with Crippen LogP contribution < -0.4 is 10.6 Å². The van der Waals surface area contributed by atoms with E-state index in [1.807, 2.05) is 55.5 Å². The van der Waals surface area contributed by atoms with Crippen LogP contribution in [0.3, 0.4) is 0 Å². The summed E-state index contributed by atoms with van der Waals surface area (Å²) in [7, 11) is 0. The van der Waals surface area contributed by atoms with E-state index in [-0.39, 0.29) is 24.3 Å². The number of hydrogen-bond donors (Lipinski definition) is 6. The number of hydrogen-bond acceptors (Lipinski definition) is 5. The molecular formula is C28H31N3O4. The van der Waals surface area contributed by atoms with E-state index < -0.39 is 6.10 Å². The molecule has 1 aromatic heterocycles. The summed E-state index contributed by atoms with van der Waals surface area (Å²) in [6.45, 7) is 2.58. The predicted molar refractivity (Wildman–Crippen MR) is 136 cm³/mol. The van der Waals surface area contributed by atoms with Crippen molar-refractivity contribution in [3.05, 3.63) is 101 Å². The highest BCUT2D eigenvalue weighted by molar-refractivity contribution is 5.98. The fraction of sp³-hybridized carbons (Fsp3) is 0.250. The smallest absolute Gasteiger partial charge is 0.267 e. The molecule has 0 aliphatic carbocycles. The fourth-order valence-corrected chi connectivity index (χ4v) is 4.10. The van der Waals surface area contributed by atoms with E-state index in [4.69, 9.17) is 0 Å². The number of aromatic hydroxyl groups is 1. The van der Waals surface area contributed by atoms with Crippen molar-refractivity contribution < 1.29 is 20.1 Å². The van der Waals surface area contributed by atoms with Crippen LogP contribution in [0.1, 0.15) is 45.8 Å². The summed E-state index contributed by atoms with van der Waals surface area (Å²) in [6.07, 6.45) is -0.00614. The van der Waals surface area contributed by atoms with Crippen molar-refractivity contribution in [2.45, 2.75) is 38.6 Å². The Balaban J connectivity index is 1.33. The van der Waals surface area contributed by atoms with Crippen LogP contribution in [-0.2, 0) is 19.6 Å². The second kappa shape index (κ2) is 11.2. The van der Waals surface area contributed by atoms with Gasteiger partial charge in [-0.25, -0.2) is 0 Å². The molecule has 0 saturated carbocycles. The number of benzene rings is 3. The first-order chi connectivity index (χ1) is 16.9. The molecule has 7 nitrogen and oxygen atoms in total. The number of amides is 1. The number of H-pyrrole nitrogens is 1. The maximum atomic E-state index is 12.6. The first kappa shape index (κ1) is 24.5. The van der Waals surface area contributed by atoms with Gasteiger partial charge in [0.15, 0.2) is 0 Å². The van der Waals surface area contributed by atoms with Gasteiger partial charge in [0.2, 0.25) is 0 Å². The molecule has 0 aliphatic rings. The topological polar surface area (TPSA) is 118 Å². The van der Waals surface area contributed by atoms with E-state index in [0.717, 1.165) is 28.5 Å². The second-order valence-corrected chi connectivity index (χ2v) is 8.85. The third-order valence-electron chi connectivity index (χ3n) is 6.09. The summed E-state index contributed by atoms with van der Waals surface area (Å²) < 4.78 is 0. The Kier molecular flexibility index (Phi) is 7.82. The number of aliphatic hydroxyl groups excluding tert-OH is 2. The number of phenols is 1. The minimum atomic E-state index is -0.757. The Labute approximate surface area is 204 Å². The molecular weight excluding hydrogens is 442 g/mol. The van der Waals surface area contributed by atoms with Gasteiger partial charge < -0.3 is 30.9 Å². The van der Waals surface area contributed by atoms with Crippen LogP contribution in [-0.4, -0.2) is 38.8 Å². The van der Waals surface area contributed by atoms with Crippen molar-refractivity contribution in [2.75, 3.05) is 6.54 Å². The molecule has 1 amide bonds. The van der Waals surface area contributed by atoms with Crippen LogP contribution >= 0.6 is 0 Å². The molecule has 35 heavy (non-hydrogen) atoms. The van der Waals surface area contributed by atoms with E-state index in [1.165, 1.54) is 6.07 Å². The number of aromatic amines is 1. The molecule has 4 rings (SSSR count). The van der Waals surface area contributed by atoms with Gasteiger partial charge in [-0.05, 0) is 60.4 Å². The van der Waals surface area contributed by atoms with Gasteiger partial charge in [0, 0.05) is 35.6 Å². The number of aliphatic hydroxyl groups is 2. The molecule has 4 aromatic rings. The molecule has 7 heteroatoms. The minimum absolute atomic E-state index is 0.0155. The van der Waals surface area contributed by atoms with Gasteiger partial charge >= 0.3 is 0 Å². The second-order valence-electron chi connectivity index (χ2n) is 8.85. The molecule has 0 spiro atoms. The average molecular weight is 474 g/mol. The SMILES string of the molecule is C[C@H](Cc1ccc2[nH]c(C(=O)NCc3ccccc3)cc2c1)NC[C@H](O)c1ccc(O)c(CO)c1. The number of nitrogens with one attached hydrogen (secondary N) is 3. The summed E-state index contributed by atoms with van der Waals surface area (Å²) in [6, 6.07) is 22.6. The van der Waals surface area contributed by atoms with E-state index in [9.17, 15) is 20.1 Å². The zero-order chi connectivity index (χ0) is 24.8. The third-order valence-corrected chi connectivity index (χ3v) is 6.09. The average Bonchev–Trinajstić information content (AvgIpc) is 3.30. The zero-order valence-electron chi connectivity index (χ0n) is 19.7. The van der Waals surface area contributed by atoms with Crippen molar-refractivity contribution in [1.82, 2.24) is 15.6 Å². The molecule has 0 unspecified atom stereocenters. The van der Waals surface area contributed by atoms with Gasteiger partial charge in [0.25, 0.3) is 5.91 Å². The monoisotopic (exact) mass is 473 g/mol. The van der Waals surface area contributed by atoms with Crippen molar-refractivity contribution in [3.8, 4) is 5.75 Å². The molecule has 3 aromatic carbocycles. The van der Waals surface area contributed by atoms with Gasteiger partial charge in [-0.3, -0.25) is 4.79 Å². The van der Waals surface area contributed by atoms with E-state index in [2.05, 4.69) is 21.7 Å². The first-order valence-corrected chi connectivity index (χ1v) is 11.7. The number of aromatic nitrogens is 1. The zero-order valence-corrected chi connectivity index (χ0v) is 19.7. The maximum absolute atomic E-state index is 12.6. The minimum Gasteiger partial charge on any atom is -0.508 e. The molecule has 0 radical (unpaired) electrons. The van der Waals surface area contributed by atoms with Crippen LogP contribution in [0.25, 0.3) is 10.9 Å². The quantitative estimate of drug-likeness (QED) is 0.211. The molecule has 2 atom stereocenters. The largest absolute Gasteiger partial charge is 0.508 e. The third kappa shape index (κ3) is 6.27. The molecule has 0 fully saturated rings. The molecule has 0 aliphatic heterocycles. The predicted octanol–water partition coefficient (Wildman–Crippen LogP) is 3.55. The van der Waals surface area contributed by atoms with Crippen molar-refractivity contribution in [2.24, 2.45) is 0 Å². The van der Waals surface area contributed by atoms with Crippen LogP contribution in [0, 0.1) is 0 Å². The van der Waals surface area contributed by atoms with E-state index >= 15 is 0 Å². The number of carbonyl (C=O) groups excluding carboxylic acids is 1. The lowest BCUT2D eigenvalue weighted by atomic mass is 10.0. The van der Waals surface area contributed by atoms with E-state index in [0.29, 0.717) is 29.9 Å². The van der Waals surface area contributed by atoms with Crippen molar-refractivity contribution in [1.29, 1.82) is 0 Å². The summed E-state index contributed by atoms with van der Waals surface area (Å²) in [5.41, 5.74) is 4.63. The van der Waals surface area contributed by atoms with Gasteiger partial charge in [0.05, 0.1) is 12.7 Å². The van der Waals surface area contributed by atoms with Crippen molar-refractivity contribution >= 4 is 16.8 Å². The Hall–Kier alpha value is -3.65. The molecule has 0 saturated heterocycles. The summed E-state index contributed by atoms with van der Waals surface area (Å²) in [5, 5.41) is 36.7. The maximum Gasteiger partial charge on any atom is 0.267 e. The highest BCUT2D eigenvalue weighted by atomic mass is 16.3. The summed E-state index contributed by atoms with van der Waals surface area (Å²) >= 11 is 0. The van der Waals surface area contributed by atoms with Gasteiger partial charge in [-0.1, -0.05) is 42.5 Å². The number of carbonyl (C=O) groups is 1. The molecule has 182 valence electrons. The first-order valence-electron chi connectivity index (χ1n) is 11.7. The fourth-order valence-electron chi connectivity index (χ4n) is 4.10. The lowest BCUT2D eigenvalue weighted by molar-refractivity contribution is 0.0946. The number of fused-ring (bicyclic) bond motifs is 1. The van der Waals surface area contributed by atoms with Gasteiger partial charge in [0.1, 0.15) is 11.4 Å². The van der Waals surface area contributed by atoms with Crippen LogP contribution in [0.5, 0.6) is 5.75 Å². The standard InChI is InChI=1S/C28H31N3O4/c1-18(29-16-27(34)21-8-10-26(33)23(13-21)17-32)11-20-7-9-24-22(12-20)14-25(31-24)28(35)30-15-19-5-3-2-4-6-19/h2-10,12-14,18,27,29,31-34H,11,15-17H2,1H3,(H,30,35)/t18-,27+/m1/s1. The normalized spacial score (nSPS) is 13.0. The lowest BCUT2D eigenvalue weighted by Gasteiger charge is -2.18. The molecule has 0 bridgehead atoms. The van der Waals surface area contributed by atoms with E-state index in [1.54, 1.807) is 12.1 Å². The summed E-state index contributed by atoms with van der Waals surface area (Å²) in [4.78, 5) is 15.8.